The van der Waals surface area contributed by atoms with E-state index in [0.29, 0.717) is 0 Å². The van der Waals surface area contributed by atoms with Crippen molar-refractivity contribution in [3.8, 4) is 0 Å². The van der Waals surface area contributed by atoms with Crippen LogP contribution in [0, 0.1) is 0 Å². The van der Waals surface area contributed by atoms with E-state index in [4.69, 9.17) is 5.11 Å². The quantitative estimate of drug-likeness (QED) is 0.395. The Morgan fingerprint density at radius 3 is 2.27 bits per heavy atom. The Bertz CT molecular complexity index is 116. The van der Waals surface area contributed by atoms with Gasteiger partial charge in [-0.1, -0.05) is 6.08 Å². The molecule has 0 fully saturated rings. The van der Waals surface area contributed by atoms with E-state index >= 15 is 0 Å². The Morgan fingerprint density at radius 1 is 1.82 bits per heavy atom. The van der Waals surface area contributed by atoms with Gasteiger partial charge in [0.1, 0.15) is 0 Å². The van der Waals surface area contributed by atoms with Gasteiger partial charge in [-0.15, -0.1) is 6.58 Å². The fourth-order valence-corrected chi connectivity index (χ4v) is 0.112. The first-order chi connectivity index (χ1) is 4.68. The van der Waals surface area contributed by atoms with Crippen LogP contribution in [0.4, 0.5) is 0 Å². The van der Waals surface area contributed by atoms with Gasteiger partial charge in [-0.3, -0.25) is 4.79 Å². The summed E-state index contributed by atoms with van der Waals surface area (Å²) < 4.78 is 0. The van der Waals surface area contributed by atoms with Crippen molar-refractivity contribution in [3.63, 3.8) is 0 Å². The molecule has 0 atom stereocenters. The first kappa shape index (κ1) is 15.9. The Kier molecular flexibility index (Phi) is 22.6. The Balaban J connectivity index is -0.000000140. The van der Waals surface area contributed by atoms with Gasteiger partial charge in [0, 0.05) is 0 Å². The summed E-state index contributed by atoms with van der Waals surface area (Å²) in [7, 11) is 0. The van der Waals surface area contributed by atoms with Gasteiger partial charge in [0.2, 0.25) is 0 Å². The third kappa shape index (κ3) is 87.8. The number of carbonyl (C=O) groups excluding carboxylic acids is 1. The normalized spacial score (nSPS) is 5.91. The van der Waals surface area contributed by atoms with Gasteiger partial charge in [0.25, 0.3) is 0 Å². The number of amides is 1. The molecule has 0 aromatic heterocycles. The van der Waals surface area contributed by atoms with Crippen LogP contribution in [0.2, 0.25) is 0 Å². The number of allylic oxidation sites excluding steroid dienone is 1. The average molecular weight is 401 g/mol. The number of hydrogen-bond acceptors (Lipinski definition) is 2. The van der Waals surface area contributed by atoms with E-state index in [0.717, 1.165) is 0 Å². The van der Waals surface area contributed by atoms with Crippen molar-refractivity contribution < 1.29 is 14.7 Å². The minimum atomic E-state index is -1.07. The molecular formula is C6H10FmNO3-. The summed E-state index contributed by atoms with van der Waals surface area (Å²) in [5.41, 5.74) is 0. The molecule has 0 rings (SSSR count). The molecule has 70 valence electrons. The number of rotatable bonds is 3. The second kappa shape index (κ2) is 15.6. The van der Waals surface area contributed by atoms with Crippen molar-refractivity contribution in [2.75, 3.05) is 6.54 Å². The molecule has 4 nitrogen and oxygen atoms in total. The van der Waals surface area contributed by atoms with E-state index in [2.05, 4.69) is 6.58 Å². The molecule has 2 N–H and O–H groups in total. The number of aliphatic carboxylic acids is 1. The summed E-state index contributed by atoms with van der Waals surface area (Å²) in [6, 6.07) is 0. The number of carboxylic acids is 1. The van der Waals surface area contributed by atoms with Gasteiger partial charge in [-0.05, 0) is 6.92 Å². The molecule has 5 heteroatoms. The minimum absolute atomic E-state index is 0. The maximum Gasteiger partial charge on any atom is 0.320 e. The molecule has 0 aliphatic rings. The summed E-state index contributed by atoms with van der Waals surface area (Å²) in [5, 5.41) is 9.65. The fourth-order valence-electron chi connectivity index (χ4n) is 0.112. The van der Waals surface area contributed by atoms with Crippen LogP contribution in [0.3, 0.4) is 0 Å². The van der Waals surface area contributed by atoms with Crippen LogP contribution in [0.15, 0.2) is 12.7 Å². The standard InChI is InChI=1S/C3H4NO3.C3H6.Fm/c5-2-4-1-3(6)7;1-3-2;/h1H2,(H,4,5)(H,6,7);3H,1H2,2H3;/q-1;;. The van der Waals surface area contributed by atoms with Crippen molar-refractivity contribution in [1.82, 2.24) is 5.32 Å². The van der Waals surface area contributed by atoms with E-state index in [1.54, 1.807) is 6.08 Å². The summed E-state index contributed by atoms with van der Waals surface area (Å²) in [4.78, 5) is 18.7. The predicted octanol–water partition coefficient (Wildman–Crippen LogP) is -0.0799. The first-order valence-electron chi connectivity index (χ1n) is 2.57. The van der Waals surface area contributed by atoms with Crippen LogP contribution in [-0.4, -0.2) is 24.0 Å². The van der Waals surface area contributed by atoms with E-state index in [1.165, 1.54) is 6.41 Å². The Morgan fingerprint density at radius 2 is 2.18 bits per heavy atom. The van der Waals surface area contributed by atoms with Crippen LogP contribution in [0.1, 0.15) is 6.92 Å². The van der Waals surface area contributed by atoms with Gasteiger partial charge in [-0.25, -0.2) is 0 Å². The second-order valence-corrected chi connectivity index (χ2v) is 1.26. The molecule has 0 aromatic rings. The topological polar surface area (TPSA) is 66.4 Å². The molecule has 0 saturated heterocycles. The molecular weight excluding hydrogens is 391 g/mol. The van der Waals surface area contributed by atoms with Gasteiger partial charge < -0.3 is 15.2 Å². The largest absolute Gasteiger partial charge is 0.521 e. The van der Waals surface area contributed by atoms with Crippen LogP contribution in [0.5, 0.6) is 0 Å². The molecule has 0 saturated carbocycles. The summed E-state index contributed by atoms with van der Waals surface area (Å²) in [5.74, 6) is -1.07. The molecule has 0 radical (unpaired) electrons. The van der Waals surface area contributed by atoms with Gasteiger partial charge >= 0.3 is 5.97 Å². The smallest absolute Gasteiger partial charge is 0.320 e. The number of nitrogens with one attached hydrogen (secondary N) is 1. The SMILES string of the molecule is C=CC.O=[C-]NCC(=O)O.[Fm]. The minimum Gasteiger partial charge on any atom is -0.521 e. The van der Waals surface area contributed by atoms with E-state index < -0.39 is 5.97 Å². The van der Waals surface area contributed by atoms with Crippen molar-refractivity contribution in [2.24, 2.45) is 0 Å². The van der Waals surface area contributed by atoms with Crippen LogP contribution in [-0.2, 0) is 9.59 Å². The molecule has 1 amide bonds. The number of carbonyl (C=O) groups is 1. The maximum atomic E-state index is 9.52. The van der Waals surface area contributed by atoms with Crippen molar-refractivity contribution in [3.05, 3.63) is 12.7 Å². The van der Waals surface area contributed by atoms with Gasteiger partial charge in [-0.2, -0.15) is 6.41 Å². The average Bonchev–Trinajstić information content (AvgIpc) is 1.85. The summed E-state index contributed by atoms with van der Waals surface area (Å²) >= 11 is 0. The second-order valence-electron chi connectivity index (χ2n) is 1.26. The molecule has 0 aliphatic heterocycles. The van der Waals surface area contributed by atoms with E-state index in [1.807, 2.05) is 12.2 Å². The fraction of sp³-hybridized carbons (Fsp3) is 0.333. The Hall–Kier alpha value is -2.32. The zero-order valence-electron chi connectivity index (χ0n) is 6.04. The van der Waals surface area contributed by atoms with E-state index in [-0.39, 0.29) is 6.54 Å². The predicted molar refractivity (Wildman–Crippen MR) is 37.2 cm³/mol. The zero-order valence-corrected chi connectivity index (χ0v) is 8.45. The van der Waals surface area contributed by atoms with E-state index in [9.17, 15) is 9.59 Å². The molecule has 11 heavy (non-hydrogen) atoms. The molecule has 0 aliphatic carbocycles. The molecule has 0 heterocycles. The van der Waals surface area contributed by atoms with Crippen LogP contribution >= 0.6 is 0 Å². The summed E-state index contributed by atoms with van der Waals surface area (Å²) in [6.45, 7) is 4.89. The van der Waals surface area contributed by atoms with Crippen molar-refractivity contribution in [1.29, 1.82) is 0 Å². The van der Waals surface area contributed by atoms with Crippen LogP contribution < -0.4 is 5.32 Å². The van der Waals surface area contributed by atoms with Crippen molar-refractivity contribution in [2.45, 2.75) is 6.92 Å². The molecule has 0 bridgehead atoms. The van der Waals surface area contributed by atoms with Gasteiger partial charge in [0.05, 0.1) is 6.54 Å². The maximum absolute atomic E-state index is 9.52. The molecule has 0 unspecified atom stereocenters. The Labute approximate surface area is 59.5 Å². The zero-order chi connectivity index (χ0) is 8.41. The monoisotopic (exact) mass is 401 g/mol. The molecule has 0 spiro atoms. The first-order valence-corrected chi connectivity index (χ1v) is 2.57. The van der Waals surface area contributed by atoms with Gasteiger partial charge in [0.15, 0.2) is 0 Å². The molecule has 0 aromatic carbocycles. The number of carboxylic acid groups (broad SMARTS) is 1. The van der Waals surface area contributed by atoms with Crippen LogP contribution in [0.25, 0.3) is 0 Å². The third-order valence-corrected chi connectivity index (χ3v) is 0.312. The van der Waals surface area contributed by atoms with Crippen molar-refractivity contribution >= 4 is 12.4 Å². The summed E-state index contributed by atoms with van der Waals surface area (Å²) in [6.07, 6.45) is 2.97. The third-order valence-electron chi connectivity index (χ3n) is 0.312. The number of hydrogen-bond donors (Lipinski definition) is 2.